The van der Waals surface area contributed by atoms with Crippen LogP contribution in [0, 0.1) is 0 Å². The maximum atomic E-state index is 12.0. The van der Waals surface area contributed by atoms with Crippen molar-refractivity contribution in [2.75, 3.05) is 13.2 Å². The van der Waals surface area contributed by atoms with Gasteiger partial charge >= 0.3 is 11.9 Å². The van der Waals surface area contributed by atoms with Crippen molar-refractivity contribution in [1.82, 2.24) is 0 Å². The molecule has 0 spiro atoms. The topological polar surface area (TPSA) is 61.8 Å². The molecule has 0 aromatic heterocycles. The number of carbonyl (C=O) groups excluding carboxylic acids is 2. The summed E-state index contributed by atoms with van der Waals surface area (Å²) in [6.07, 6.45) is 25.5. The van der Waals surface area contributed by atoms with Crippen molar-refractivity contribution in [2.24, 2.45) is 0 Å². The monoisotopic (exact) mass is 526 g/mol. The molecule has 5 heteroatoms. The van der Waals surface area contributed by atoms with Crippen LogP contribution >= 0.6 is 0 Å². The quantitative estimate of drug-likeness (QED) is 0.0750. The molecule has 2 atom stereocenters. The van der Waals surface area contributed by atoms with Gasteiger partial charge < -0.3 is 14.2 Å². The van der Waals surface area contributed by atoms with Crippen LogP contribution in [0.1, 0.15) is 169 Å². The van der Waals surface area contributed by atoms with E-state index in [9.17, 15) is 9.59 Å². The van der Waals surface area contributed by atoms with Crippen molar-refractivity contribution in [3.8, 4) is 0 Å². The number of esters is 2. The number of ether oxygens (including phenoxy) is 3. The molecular weight excluding hydrogens is 464 g/mol. The van der Waals surface area contributed by atoms with Crippen LogP contribution in [0.5, 0.6) is 0 Å². The minimum Gasteiger partial charge on any atom is -0.463 e. The summed E-state index contributed by atoms with van der Waals surface area (Å²) in [5.74, 6) is -0.294. The van der Waals surface area contributed by atoms with Crippen LogP contribution in [-0.4, -0.2) is 37.4 Å². The van der Waals surface area contributed by atoms with E-state index in [1.807, 2.05) is 13.8 Å². The number of hydrogen-bond acceptors (Lipinski definition) is 5. The smallest absolute Gasteiger partial charge is 0.306 e. The minimum absolute atomic E-state index is 0.147. The number of rotatable bonds is 28. The highest BCUT2D eigenvalue weighted by molar-refractivity contribution is 5.69. The van der Waals surface area contributed by atoms with Crippen LogP contribution in [0.15, 0.2) is 0 Å². The summed E-state index contributed by atoms with van der Waals surface area (Å²) in [4.78, 5) is 24.0. The van der Waals surface area contributed by atoms with Crippen molar-refractivity contribution in [2.45, 2.75) is 181 Å². The molecule has 0 aromatic carbocycles. The van der Waals surface area contributed by atoms with E-state index in [0.29, 0.717) is 19.4 Å². The Morgan fingerprint density at radius 1 is 0.486 bits per heavy atom. The Morgan fingerprint density at radius 2 is 0.865 bits per heavy atom. The zero-order valence-electron chi connectivity index (χ0n) is 25.2. The van der Waals surface area contributed by atoms with Gasteiger partial charge in [0.25, 0.3) is 0 Å². The minimum atomic E-state index is -0.291. The number of carbonyl (C=O) groups is 2. The number of hydrogen-bond donors (Lipinski definition) is 0. The Kier molecular flexibility index (Phi) is 27.1. The van der Waals surface area contributed by atoms with Crippen LogP contribution in [0.4, 0.5) is 0 Å². The van der Waals surface area contributed by atoms with Gasteiger partial charge in [0.05, 0.1) is 12.7 Å². The molecule has 0 N–H and O–H groups in total. The third-order valence-electron chi connectivity index (χ3n) is 6.90. The van der Waals surface area contributed by atoms with Crippen LogP contribution < -0.4 is 0 Å². The normalized spacial score (nSPS) is 12.9. The van der Waals surface area contributed by atoms with Gasteiger partial charge in [0, 0.05) is 12.8 Å². The van der Waals surface area contributed by atoms with Gasteiger partial charge in [-0.15, -0.1) is 0 Å². The van der Waals surface area contributed by atoms with Crippen molar-refractivity contribution in [1.29, 1.82) is 0 Å². The molecule has 37 heavy (non-hydrogen) atoms. The summed E-state index contributed by atoms with van der Waals surface area (Å²) < 4.78 is 16.5. The molecule has 0 amide bonds. The van der Waals surface area contributed by atoms with E-state index >= 15 is 0 Å². The second-order valence-corrected chi connectivity index (χ2v) is 11.0. The zero-order chi connectivity index (χ0) is 27.4. The molecule has 0 saturated carbocycles. The molecule has 5 nitrogen and oxygen atoms in total. The van der Waals surface area contributed by atoms with E-state index < -0.39 is 0 Å². The maximum absolute atomic E-state index is 12.0. The average molecular weight is 527 g/mol. The Labute approximate surface area is 230 Å². The van der Waals surface area contributed by atoms with Crippen molar-refractivity contribution in [3.63, 3.8) is 0 Å². The molecule has 0 aromatic rings. The fourth-order valence-electron chi connectivity index (χ4n) is 4.46. The largest absolute Gasteiger partial charge is 0.463 e. The SMILES string of the molecule is CCCCCCCCCCCCC(=O)OCC(C)OCC(C)OC(=O)CCCCCCCCCCCC. The summed E-state index contributed by atoms with van der Waals surface area (Å²) in [7, 11) is 0. The molecular formula is C32H62O5. The maximum Gasteiger partial charge on any atom is 0.306 e. The summed E-state index contributed by atoms with van der Waals surface area (Å²) in [6.45, 7) is 8.79. The molecule has 0 aliphatic rings. The Bertz CT molecular complexity index is 507. The highest BCUT2D eigenvalue weighted by Gasteiger charge is 2.13. The third kappa shape index (κ3) is 27.7. The van der Waals surface area contributed by atoms with Gasteiger partial charge in [0.1, 0.15) is 12.7 Å². The van der Waals surface area contributed by atoms with E-state index in [0.717, 1.165) is 25.7 Å². The van der Waals surface area contributed by atoms with Crippen LogP contribution in [0.2, 0.25) is 0 Å². The summed E-state index contributed by atoms with van der Waals surface area (Å²) in [5.41, 5.74) is 0. The lowest BCUT2D eigenvalue weighted by Gasteiger charge is -2.18. The summed E-state index contributed by atoms with van der Waals surface area (Å²) in [5, 5.41) is 0. The molecule has 0 fully saturated rings. The lowest BCUT2D eigenvalue weighted by Crippen LogP contribution is -2.26. The van der Waals surface area contributed by atoms with Crippen LogP contribution in [-0.2, 0) is 23.8 Å². The van der Waals surface area contributed by atoms with Gasteiger partial charge in [-0.1, -0.05) is 129 Å². The van der Waals surface area contributed by atoms with Crippen LogP contribution in [0.3, 0.4) is 0 Å². The van der Waals surface area contributed by atoms with E-state index in [4.69, 9.17) is 14.2 Å². The second-order valence-electron chi connectivity index (χ2n) is 11.0. The lowest BCUT2D eigenvalue weighted by molar-refractivity contribution is -0.154. The summed E-state index contributed by atoms with van der Waals surface area (Å²) in [6, 6.07) is 0. The van der Waals surface area contributed by atoms with Crippen molar-refractivity contribution >= 4 is 11.9 Å². The van der Waals surface area contributed by atoms with Gasteiger partial charge in [0.2, 0.25) is 0 Å². The molecule has 220 valence electrons. The molecule has 0 bridgehead atoms. The lowest BCUT2D eigenvalue weighted by atomic mass is 10.1. The fraction of sp³-hybridized carbons (Fsp3) is 0.938. The zero-order valence-corrected chi connectivity index (χ0v) is 25.2. The van der Waals surface area contributed by atoms with Crippen molar-refractivity contribution in [3.05, 3.63) is 0 Å². The van der Waals surface area contributed by atoms with Crippen molar-refractivity contribution < 1.29 is 23.8 Å². The molecule has 2 unspecified atom stereocenters. The first-order valence-corrected chi connectivity index (χ1v) is 16.0. The van der Waals surface area contributed by atoms with Gasteiger partial charge in [-0.05, 0) is 26.7 Å². The first kappa shape index (κ1) is 35.9. The molecule has 0 saturated heterocycles. The first-order valence-electron chi connectivity index (χ1n) is 16.0. The molecule has 0 rings (SSSR count). The summed E-state index contributed by atoms with van der Waals surface area (Å²) >= 11 is 0. The Morgan fingerprint density at radius 3 is 1.30 bits per heavy atom. The van der Waals surface area contributed by atoms with E-state index in [2.05, 4.69) is 13.8 Å². The molecule has 0 aliphatic carbocycles. The van der Waals surface area contributed by atoms with Crippen LogP contribution in [0.25, 0.3) is 0 Å². The first-order chi connectivity index (χ1) is 18.0. The Balaban J connectivity index is 3.55. The van der Waals surface area contributed by atoms with E-state index in [1.54, 1.807) is 0 Å². The van der Waals surface area contributed by atoms with E-state index in [-0.39, 0.29) is 30.8 Å². The predicted molar refractivity (Wildman–Crippen MR) is 155 cm³/mol. The fourth-order valence-corrected chi connectivity index (χ4v) is 4.46. The van der Waals surface area contributed by atoms with Gasteiger partial charge in [-0.25, -0.2) is 0 Å². The predicted octanol–water partition coefficient (Wildman–Crippen LogP) is 9.49. The number of unbranched alkanes of at least 4 members (excludes halogenated alkanes) is 18. The highest BCUT2D eigenvalue weighted by Crippen LogP contribution is 2.13. The molecule has 0 heterocycles. The molecule has 0 radical (unpaired) electrons. The Hall–Kier alpha value is -1.10. The van der Waals surface area contributed by atoms with Gasteiger partial charge in [-0.3, -0.25) is 9.59 Å². The van der Waals surface area contributed by atoms with E-state index in [1.165, 1.54) is 103 Å². The highest BCUT2D eigenvalue weighted by atomic mass is 16.6. The van der Waals surface area contributed by atoms with Gasteiger partial charge in [-0.2, -0.15) is 0 Å². The average Bonchev–Trinajstić information content (AvgIpc) is 2.88. The van der Waals surface area contributed by atoms with Gasteiger partial charge in [0.15, 0.2) is 0 Å². The molecule has 0 aliphatic heterocycles. The second kappa shape index (κ2) is 27.9. The standard InChI is InChI=1S/C32H62O5/c1-5-7-9-11-13-15-17-19-21-23-25-31(33)36-27-29(3)35-28-30(4)37-32(34)26-24-22-20-18-16-14-12-10-8-6-2/h29-30H,5-28H2,1-4H3. The third-order valence-corrected chi connectivity index (χ3v) is 6.90.